The lowest BCUT2D eigenvalue weighted by atomic mass is 10.2. The number of hydrogen-bond acceptors (Lipinski definition) is 3. The van der Waals surface area contributed by atoms with E-state index in [9.17, 15) is 9.59 Å². The first kappa shape index (κ1) is 8.26. The van der Waals surface area contributed by atoms with E-state index >= 15 is 0 Å². The Morgan fingerprint density at radius 2 is 2.25 bits per heavy atom. The minimum atomic E-state index is -0.447. The SMILES string of the molecule is Nc1cccc(C(=O)NC=O)c1. The molecule has 1 aromatic carbocycles. The molecule has 3 N–H and O–H groups in total. The summed E-state index contributed by atoms with van der Waals surface area (Å²) in [7, 11) is 0. The fraction of sp³-hybridized carbons (Fsp3) is 0. The number of nitrogens with one attached hydrogen (secondary N) is 1. The molecule has 62 valence electrons. The van der Waals surface area contributed by atoms with Crippen LogP contribution in [-0.2, 0) is 4.79 Å². The van der Waals surface area contributed by atoms with Crippen LogP contribution >= 0.6 is 0 Å². The Bertz CT molecular complexity index is 310. The van der Waals surface area contributed by atoms with Crippen molar-refractivity contribution in [2.75, 3.05) is 5.73 Å². The molecule has 0 spiro atoms. The first-order valence-electron chi connectivity index (χ1n) is 3.34. The van der Waals surface area contributed by atoms with Crippen molar-refractivity contribution in [3.8, 4) is 0 Å². The van der Waals surface area contributed by atoms with Crippen LogP contribution in [0.3, 0.4) is 0 Å². The monoisotopic (exact) mass is 164 g/mol. The van der Waals surface area contributed by atoms with Gasteiger partial charge in [-0.1, -0.05) is 6.07 Å². The summed E-state index contributed by atoms with van der Waals surface area (Å²) in [6.45, 7) is 0. The Labute approximate surface area is 69.4 Å². The van der Waals surface area contributed by atoms with Gasteiger partial charge in [-0.15, -0.1) is 0 Å². The van der Waals surface area contributed by atoms with Gasteiger partial charge in [-0.25, -0.2) is 0 Å². The third-order valence-electron chi connectivity index (χ3n) is 1.34. The molecule has 0 heterocycles. The van der Waals surface area contributed by atoms with Crippen molar-refractivity contribution < 1.29 is 9.59 Å². The molecule has 0 fully saturated rings. The number of carbonyl (C=O) groups excluding carboxylic acids is 2. The van der Waals surface area contributed by atoms with E-state index in [0.717, 1.165) is 0 Å². The van der Waals surface area contributed by atoms with Crippen molar-refractivity contribution in [3.05, 3.63) is 29.8 Å². The summed E-state index contributed by atoms with van der Waals surface area (Å²) in [5, 5.41) is 2.01. The smallest absolute Gasteiger partial charge is 0.257 e. The maximum atomic E-state index is 11.0. The summed E-state index contributed by atoms with van der Waals surface area (Å²) in [5.41, 5.74) is 6.30. The Balaban J connectivity index is 2.87. The van der Waals surface area contributed by atoms with Crippen LogP contribution in [0.15, 0.2) is 24.3 Å². The van der Waals surface area contributed by atoms with E-state index in [1.807, 2.05) is 5.32 Å². The molecular weight excluding hydrogens is 156 g/mol. The third kappa shape index (κ3) is 1.82. The van der Waals surface area contributed by atoms with Crippen LogP contribution in [-0.4, -0.2) is 12.3 Å². The summed E-state index contributed by atoms with van der Waals surface area (Å²) >= 11 is 0. The lowest BCUT2D eigenvalue weighted by Crippen LogP contribution is -2.21. The molecule has 2 amide bonds. The second-order valence-corrected chi connectivity index (χ2v) is 2.22. The van der Waals surface area contributed by atoms with Gasteiger partial charge in [-0.05, 0) is 18.2 Å². The highest BCUT2D eigenvalue weighted by atomic mass is 16.2. The van der Waals surface area contributed by atoms with Crippen molar-refractivity contribution in [2.24, 2.45) is 0 Å². The highest BCUT2D eigenvalue weighted by Crippen LogP contribution is 2.05. The predicted octanol–water partition coefficient (Wildman–Crippen LogP) is 0.155. The van der Waals surface area contributed by atoms with Crippen molar-refractivity contribution >= 4 is 18.0 Å². The highest BCUT2D eigenvalue weighted by Gasteiger charge is 2.02. The van der Waals surface area contributed by atoms with Gasteiger partial charge in [0.2, 0.25) is 6.41 Å². The standard InChI is InChI=1S/C8H8N2O2/c9-7-3-1-2-6(4-7)8(12)10-5-11/h1-5H,9H2,(H,10,11,12). The molecule has 1 rings (SSSR count). The Morgan fingerprint density at radius 3 is 2.83 bits per heavy atom. The highest BCUT2D eigenvalue weighted by molar-refractivity contribution is 6.00. The zero-order valence-electron chi connectivity index (χ0n) is 6.28. The molecule has 0 aliphatic carbocycles. The van der Waals surface area contributed by atoms with Crippen LogP contribution in [0.2, 0.25) is 0 Å². The van der Waals surface area contributed by atoms with Crippen molar-refractivity contribution in [1.82, 2.24) is 5.32 Å². The number of amides is 2. The van der Waals surface area contributed by atoms with E-state index in [1.165, 1.54) is 6.07 Å². The van der Waals surface area contributed by atoms with E-state index in [0.29, 0.717) is 17.7 Å². The first-order chi connectivity index (χ1) is 5.74. The first-order valence-corrected chi connectivity index (χ1v) is 3.34. The average Bonchev–Trinajstić information content (AvgIpc) is 2.05. The van der Waals surface area contributed by atoms with Crippen LogP contribution in [0.1, 0.15) is 10.4 Å². The number of rotatable bonds is 2. The molecule has 1 aromatic rings. The largest absolute Gasteiger partial charge is 0.399 e. The normalized spacial score (nSPS) is 9.00. The van der Waals surface area contributed by atoms with E-state index in [1.54, 1.807) is 18.2 Å². The number of nitrogen functional groups attached to an aromatic ring is 1. The van der Waals surface area contributed by atoms with Gasteiger partial charge in [0.15, 0.2) is 0 Å². The van der Waals surface area contributed by atoms with Gasteiger partial charge in [-0.3, -0.25) is 14.9 Å². The van der Waals surface area contributed by atoms with E-state index < -0.39 is 5.91 Å². The predicted molar refractivity (Wildman–Crippen MR) is 44.4 cm³/mol. The lowest BCUT2D eigenvalue weighted by Gasteiger charge is -1.98. The Morgan fingerprint density at radius 1 is 1.50 bits per heavy atom. The number of imide groups is 1. The van der Waals surface area contributed by atoms with Gasteiger partial charge in [0, 0.05) is 11.3 Å². The second kappa shape index (κ2) is 3.52. The maximum Gasteiger partial charge on any atom is 0.257 e. The average molecular weight is 164 g/mol. The third-order valence-corrected chi connectivity index (χ3v) is 1.34. The van der Waals surface area contributed by atoms with Gasteiger partial charge >= 0.3 is 0 Å². The van der Waals surface area contributed by atoms with Crippen molar-refractivity contribution in [1.29, 1.82) is 0 Å². The molecule has 4 nitrogen and oxygen atoms in total. The number of carbonyl (C=O) groups is 2. The summed E-state index contributed by atoms with van der Waals surface area (Å²) in [5.74, 6) is -0.447. The van der Waals surface area contributed by atoms with Crippen LogP contribution in [0.5, 0.6) is 0 Å². The van der Waals surface area contributed by atoms with Crippen LogP contribution in [0.25, 0.3) is 0 Å². The fourth-order valence-electron chi connectivity index (χ4n) is 0.817. The molecule has 12 heavy (non-hydrogen) atoms. The van der Waals surface area contributed by atoms with Gasteiger partial charge in [-0.2, -0.15) is 0 Å². The lowest BCUT2D eigenvalue weighted by molar-refractivity contribution is -0.108. The second-order valence-electron chi connectivity index (χ2n) is 2.22. The molecule has 0 aliphatic heterocycles. The zero-order valence-corrected chi connectivity index (χ0v) is 6.28. The molecule has 0 unspecified atom stereocenters. The zero-order chi connectivity index (χ0) is 8.97. The van der Waals surface area contributed by atoms with Crippen LogP contribution in [0.4, 0.5) is 5.69 Å². The van der Waals surface area contributed by atoms with Gasteiger partial charge < -0.3 is 5.73 Å². The van der Waals surface area contributed by atoms with E-state index in [-0.39, 0.29) is 0 Å². The molecule has 0 bridgehead atoms. The summed E-state index contributed by atoms with van der Waals surface area (Å²) < 4.78 is 0. The summed E-state index contributed by atoms with van der Waals surface area (Å²) in [4.78, 5) is 20.9. The van der Waals surface area contributed by atoms with Gasteiger partial charge in [0.25, 0.3) is 5.91 Å². The molecule has 0 atom stereocenters. The fourth-order valence-corrected chi connectivity index (χ4v) is 0.817. The molecule has 0 aromatic heterocycles. The van der Waals surface area contributed by atoms with Crippen molar-refractivity contribution in [3.63, 3.8) is 0 Å². The minimum Gasteiger partial charge on any atom is -0.399 e. The number of benzene rings is 1. The Hall–Kier alpha value is -1.84. The quantitative estimate of drug-likeness (QED) is 0.483. The number of hydrogen-bond donors (Lipinski definition) is 2. The number of anilines is 1. The molecule has 0 saturated heterocycles. The molecule has 0 aliphatic rings. The van der Waals surface area contributed by atoms with Gasteiger partial charge in [0.05, 0.1) is 0 Å². The number of nitrogens with two attached hydrogens (primary N) is 1. The maximum absolute atomic E-state index is 11.0. The summed E-state index contributed by atoms with van der Waals surface area (Å²) in [6.07, 6.45) is 0.339. The van der Waals surface area contributed by atoms with Gasteiger partial charge in [0.1, 0.15) is 0 Å². The molecular formula is C8H8N2O2. The van der Waals surface area contributed by atoms with Crippen LogP contribution < -0.4 is 11.1 Å². The van der Waals surface area contributed by atoms with Crippen LogP contribution in [0, 0.1) is 0 Å². The topological polar surface area (TPSA) is 72.2 Å². The molecule has 4 heteroatoms. The molecule has 0 saturated carbocycles. The van der Waals surface area contributed by atoms with E-state index in [2.05, 4.69) is 0 Å². The Kier molecular flexibility index (Phi) is 2.42. The molecule has 0 radical (unpaired) electrons. The van der Waals surface area contributed by atoms with Crippen molar-refractivity contribution in [2.45, 2.75) is 0 Å². The van der Waals surface area contributed by atoms with E-state index in [4.69, 9.17) is 5.73 Å². The summed E-state index contributed by atoms with van der Waals surface area (Å²) in [6, 6.07) is 6.39. The minimum absolute atomic E-state index is 0.339.